The van der Waals surface area contributed by atoms with Gasteiger partial charge >= 0.3 is 0 Å². The largest absolute Gasteiger partial charge is 0.547 e. The van der Waals surface area contributed by atoms with Crippen molar-refractivity contribution >= 4 is 5.97 Å². The van der Waals surface area contributed by atoms with Gasteiger partial charge < -0.3 is 20.7 Å². The summed E-state index contributed by atoms with van der Waals surface area (Å²) in [6.45, 7) is 0. The molecule has 2 saturated carbocycles. The lowest BCUT2D eigenvalue weighted by atomic mass is 9.75. The van der Waals surface area contributed by atoms with Gasteiger partial charge in [-0.25, -0.2) is 8.78 Å². The monoisotopic (exact) mass is 338 g/mol. The molecule has 0 aliphatic heterocycles. The standard InChI is InChI=1S/C18H23F2NO3/c19-17(20)8-7-12(10-17)18(24,16(22)23)15-4-2-1-3-14(15)11-5-6-13(21)9-11/h1-4,11-13,24H,5-10,21H2,(H,22,23)/p-1/t11-,12-,13-,18-/m1/s1. The summed E-state index contributed by atoms with van der Waals surface area (Å²) in [6.07, 6.45) is 1.21. The molecule has 1 aromatic carbocycles. The summed E-state index contributed by atoms with van der Waals surface area (Å²) in [6, 6.07) is 6.70. The van der Waals surface area contributed by atoms with E-state index in [0.29, 0.717) is 12.0 Å². The van der Waals surface area contributed by atoms with Gasteiger partial charge in [0.15, 0.2) is 0 Å². The molecule has 4 atom stereocenters. The Morgan fingerprint density at radius 3 is 2.54 bits per heavy atom. The molecule has 1 aromatic rings. The molecule has 0 radical (unpaired) electrons. The molecule has 0 heterocycles. The van der Waals surface area contributed by atoms with Gasteiger partial charge in [-0.3, -0.25) is 0 Å². The first-order valence-corrected chi connectivity index (χ1v) is 8.40. The summed E-state index contributed by atoms with van der Waals surface area (Å²) in [5.74, 6) is -5.68. The van der Waals surface area contributed by atoms with Gasteiger partial charge in [0.2, 0.25) is 5.92 Å². The van der Waals surface area contributed by atoms with Crippen LogP contribution in [-0.4, -0.2) is 23.0 Å². The Kier molecular flexibility index (Phi) is 4.38. The zero-order chi connectivity index (χ0) is 17.5. The van der Waals surface area contributed by atoms with Crippen LogP contribution in [0.2, 0.25) is 0 Å². The van der Waals surface area contributed by atoms with Crippen LogP contribution < -0.4 is 10.8 Å². The van der Waals surface area contributed by atoms with Crippen LogP contribution in [0.1, 0.15) is 55.6 Å². The Balaban J connectivity index is 2.02. The highest BCUT2D eigenvalue weighted by molar-refractivity contribution is 5.78. The first-order valence-electron chi connectivity index (χ1n) is 8.40. The summed E-state index contributed by atoms with van der Waals surface area (Å²) in [5, 5.41) is 22.8. The van der Waals surface area contributed by atoms with Gasteiger partial charge in [-0.1, -0.05) is 24.3 Å². The lowest BCUT2D eigenvalue weighted by Crippen LogP contribution is -2.51. The van der Waals surface area contributed by atoms with Gasteiger partial charge in [0.05, 0.1) is 5.97 Å². The Labute approximate surface area is 139 Å². The van der Waals surface area contributed by atoms with Gasteiger partial charge in [0, 0.05) is 24.8 Å². The van der Waals surface area contributed by atoms with E-state index in [9.17, 15) is 23.8 Å². The molecule has 0 aromatic heterocycles. The number of alkyl halides is 2. The zero-order valence-electron chi connectivity index (χ0n) is 13.4. The zero-order valence-corrected chi connectivity index (χ0v) is 13.4. The van der Waals surface area contributed by atoms with Gasteiger partial charge in [0.1, 0.15) is 5.60 Å². The molecular formula is C18H22F2NO3-. The third-order valence-corrected chi connectivity index (χ3v) is 5.59. The van der Waals surface area contributed by atoms with Crippen molar-refractivity contribution in [3.05, 3.63) is 35.4 Å². The lowest BCUT2D eigenvalue weighted by Gasteiger charge is -2.37. The molecule has 132 valence electrons. The number of carboxylic acid groups (broad SMARTS) is 1. The van der Waals surface area contributed by atoms with Gasteiger partial charge in [-0.05, 0) is 42.7 Å². The number of hydrogen-bond donors (Lipinski definition) is 2. The van der Waals surface area contributed by atoms with E-state index in [2.05, 4.69) is 0 Å². The molecule has 0 unspecified atom stereocenters. The maximum Gasteiger partial charge on any atom is 0.248 e. The van der Waals surface area contributed by atoms with Crippen molar-refractivity contribution in [3.63, 3.8) is 0 Å². The van der Waals surface area contributed by atoms with E-state index in [4.69, 9.17) is 5.73 Å². The fourth-order valence-corrected chi connectivity index (χ4v) is 4.30. The van der Waals surface area contributed by atoms with Crippen molar-refractivity contribution in [2.75, 3.05) is 0 Å². The number of rotatable bonds is 4. The Bertz CT molecular complexity index is 636. The average Bonchev–Trinajstić information content (AvgIpc) is 3.12. The summed E-state index contributed by atoms with van der Waals surface area (Å²) >= 11 is 0. The normalized spacial score (nSPS) is 31.8. The molecule has 0 spiro atoms. The number of benzene rings is 1. The van der Waals surface area contributed by atoms with Crippen molar-refractivity contribution in [2.24, 2.45) is 11.7 Å². The number of aliphatic carboxylic acids is 1. The number of aliphatic hydroxyl groups is 1. The van der Waals surface area contributed by atoms with E-state index in [-0.39, 0.29) is 23.9 Å². The van der Waals surface area contributed by atoms with Crippen molar-refractivity contribution in [1.29, 1.82) is 0 Å². The topological polar surface area (TPSA) is 86.4 Å². The molecule has 2 aliphatic rings. The highest BCUT2D eigenvalue weighted by Crippen LogP contribution is 2.49. The van der Waals surface area contributed by atoms with E-state index in [0.717, 1.165) is 12.8 Å². The van der Waals surface area contributed by atoms with Crippen molar-refractivity contribution in [3.8, 4) is 0 Å². The van der Waals surface area contributed by atoms with Crippen LogP contribution >= 0.6 is 0 Å². The summed E-state index contributed by atoms with van der Waals surface area (Å²) < 4.78 is 27.2. The first kappa shape index (κ1) is 17.3. The third kappa shape index (κ3) is 2.93. The summed E-state index contributed by atoms with van der Waals surface area (Å²) in [5.41, 5.74) is 4.42. The number of carboxylic acids is 1. The predicted octanol–water partition coefficient (Wildman–Crippen LogP) is 1.65. The van der Waals surface area contributed by atoms with Crippen LogP contribution in [0.4, 0.5) is 8.78 Å². The van der Waals surface area contributed by atoms with E-state index < -0.39 is 36.3 Å². The minimum Gasteiger partial charge on any atom is -0.547 e. The second kappa shape index (κ2) is 6.08. The second-order valence-corrected chi connectivity index (χ2v) is 7.21. The second-order valence-electron chi connectivity index (χ2n) is 7.21. The molecule has 4 nitrogen and oxygen atoms in total. The van der Waals surface area contributed by atoms with Gasteiger partial charge in [-0.15, -0.1) is 0 Å². The predicted molar refractivity (Wildman–Crippen MR) is 82.2 cm³/mol. The third-order valence-electron chi connectivity index (χ3n) is 5.59. The average molecular weight is 338 g/mol. The SMILES string of the molecule is N[C@@H]1CC[C@@H](c2ccccc2[C@@](O)(C(=O)[O-])[C@@H]2CCC(F)(F)C2)C1. The Morgan fingerprint density at radius 2 is 2.00 bits per heavy atom. The fraction of sp³-hybridized carbons (Fsp3) is 0.611. The van der Waals surface area contributed by atoms with E-state index in [1.807, 2.05) is 0 Å². The number of carbonyl (C=O) groups is 1. The number of carbonyl (C=O) groups excluding carboxylic acids is 1. The number of halogens is 2. The molecule has 2 aliphatic carbocycles. The van der Waals surface area contributed by atoms with Crippen LogP contribution in [0.3, 0.4) is 0 Å². The molecule has 6 heteroatoms. The molecule has 3 N–H and O–H groups in total. The highest BCUT2D eigenvalue weighted by atomic mass is 19.3. The molecule has 3 rings (SSSR count). The molecule has 2 fully saturated rings. The van der Waals surface area contributed by atoms with Crippen molar-refractivity contribution in [1.82, 2.24) is 0 Å². The van der Waals surface area contributed by atoms with Crippen LogP contribution in [0, 0.1) is 5.92 Å². The maximum atomic E-state index is 13.6. The quantitative estimate of drug-likeness (QED) is 0.874. The van der Waals surface area contributed by atoms with Crippen molar-refractivity contribution in [2.45, 2.75) is 62.0 Å². The first-order chi connectivity index (χ1) is 11.2. The Morgan fingerprint density at radius 1 is 1.29 bits per heavy atom. The van der Waals surface area contributed by atoms with Crippen LogP contribution in [0.25, 0.3) is 0 Å². The smallest absolute Gasteiger partial charge is 0.248 e. The molecular weight excluding hydrogens is 316 g/mol. The van der Waals surface area contributed by atoms with E-state index >= 15 is 0 Å². The summed E-state index contributed by atoms with van der Waals surface area (Å²) in [4.78, 5) is 11.8. The fourth-order valence-electron chi connectivity index (χ4n) is 4.30. The van der Waals surface area contributed by atoms with E-state index in [1.54, 1.807) is 18.2 Å². The minimum atomic E-state index is -2.95. The minimum absolute atomic E-state index is 0.0315. The number of nitrogens with two attached hydrogens (primary N) is 1. The van der Waals surface area contributed by atoms with Crippen LogP contribution in [0.15, 0.2) is 24.3 Å². The van der Waals surface area contributed by atoms with Crippen molar-refractivity contribution < 1.29 is 23.8 Å². The van der Waals surface area contributed by atoms with Gasteiger partial charge in [0.25, 0.3) is 0 Å². The molecule has 0 bridgehead atoms. The maximum absolute atomic E-state index is 13.6. The van der Waals surface area contributed by atoms with E-state index in [1.165, 1.54) is 6.07 Å². The number of hydrogen-bond acceptors (Lipinski definition) is 4. The molecule has 0 saturated heterocycles. The lowest BCUT2D eigenvalue weighted by molar-refractivity contribution is -0.330. The molecule has 0 amide bonds. The highest BCUT2D eigenvalue weighted by Gasteiger charge is 2.51. The van der Waals surface area contributed by atoms with Crippen LogP contribution in [0.5, 0.6) is 0 Å². The molecule has 24 heavy (non-hydrogen) atoms. The Hall–Kier alpha value is -1.53. The van der Waals surface area contributed by atoms with Crippen LogP contribution in [-0.2, 0) is 10.4 Å². The summed E-state index contributed by atoms with van der Waals surface area (Å²) in [7, 11) is 0. The van der Waals surface area contributed by atoms with Gasteiger partial charge in [-0.2, -0.15) is 0 Å².